The monoisotopic (exact) mass is 980 g/mol. The van der Waals surface area contributed by atoms with Gasteiger partial charge in [-0.15, -0.1) is 0 Å². The number of fused-ring (bicyclic) bond motifs is 12. The van der Waals surface area contributed by atoms with Crippen molar-refractivity contribution in [3.63, 3.8) is 0 Å². The minimum Gasteiger partial charge on any atom is -0.255 e. The molecule has 2 heterocycles. The van der Waals surface area contributed by atoms with Gasteiger partial charge in [-0.2, -0.15) is 0 Å². The fourth-order valence-corrected chi connectivity index (χ4v) is 12.7. The van der Waals surface area contributed by atoms with E-state index in [0.29, 0.717) is 17.5 Å². The van der Waals surface area contributed by atoms with E-state index in [2.05, 4.69) is 263 Å². The van der Waals surface area contributed by atoms with E-state index in [1.54, 1.807) is 0 Å². The molecule has 77 heavy (non-hydrogen) atoms. The van der Waals surface area contributed by atoms with Gasteiger partial charge >= 0.3 is 0 Å². The lowest BCUT2D eigenvalue weighted by Crippen LogP contribution is -2.25. The van der Waals surface area contributed by atoms with Crippen LogP contribution < -0.4 is 0 Å². The molecule has 2 aliphatic rings. The Bertz CT molecular complexity index is 4390. The van der Waals surface area contributed by atoms with Crippen LogP contribution >= 0.6 is 0 Å². The van der Waals surface area contributed by atoms with Crippen molar-refractivity contribution < 1.29 is 0 Å². The van der Waals surface area contributed by atoms with E-state index in [0.717, 1.165) is 60.6 Å². The molecule has 2 aromatic heterocycles. The molecule has 0 fully saturated rings. The average Bonchev–Trinajstić information content (AvgIpc) is 4.20. The van der Waals surface area contributed by atoms with Gasteiger partial charge in [0.15, 0.2) is 17.5 Å². The Morgan fingerprint density at radius 3 is 1.32 bits per heavy atom. The SMILES string of the molecule is Cc1cc(C)cc(-c2ccccc2-c2ccc(-c3ccc(-c4nc(-c5ccc6ccccc6c5)nc(-c5ccc6ccccc6c5)n4)cn3)cc2-c2cccc3c2-c2ccccc2C32c3ccccc3-c3ccccc32)c1. The lowest BCUT2D eigenvalue weighted by Gasteiger charge is -2.30. The molecule has 0 bridgehead atoms. The number of hydrogen-bond donors (Lipinski definition) is 0. The van der Waals surface area contributed by atoms with Gasteiger partial charge in [0.2, 0.25) is 0 Å². The van der Waals surface area contributed by atoms with E-state index in [-0.39, 0.29) is 0 Å². The lowest BCUT2D eigenvalue weighted by molar-refractivity contribution is 0.794. The van der Waals surface area contributed by atoms with Crippen molar-refractivity contribution in [2.45, 2.75) is 19.3 Å². The molecular formula is C73H48N4. The van der Waals surface area contributed by atoms with Crippen LogP contribution in [-0.4, -0.2) is 19.9 Å². The van der Waals surface area contributed by atoms with Crippen LogP contribution in [0.2, 0.25) is 0 Å². The molecule has 0 aliphatic heterocycles. The second-order valence-corrected chi connectivity index (χ2v) is 20.7. The van der Waals surface area contributed by atoms with Crippen molar-refractivity contribution in [2.24, 2.45) is 0 Å². The number of aryl methyl sites for hydroxylation is 2. The zero-order chi connectivity index (χ0) is 51.2. The van der Waals surface area contributed by atoms with Crippen LogP contribution in [-0.2, 0) is 5.41 Å². The zero-order valence-electron chi connectivity index (χ0n) is 42.5. The molecule has 0 N–H and O–H groups in total. The average molecular weight is 981 g/mol. The quantitative estimate of drug-likeness (QED) is 0.160. The largest absolute Gasteiger partial charge is 0.255 e. The van der Waals surface area contributed by atoms with Gasteiger partial charge in [-0.3, -0.25) is 4.98 Å². The van der Waals surface area contributed by atoms with Gasteiger partial charge in [-0.25, -0.2) is 15.0 Å². The van der Waals surface area contributed by atoms with Crippen molar-refractivity contribution in [3.8, 4) is 101 Å². The van der Waals surface area contributed by atoms with E-state index < -0.39 is 5.41 Å². The van der Waals surface area contributed by atoms with Gasteiger partial charge in [0.05, 0.1) is 11.1 Å². The smallest absolute Gasteiger partial charge is 0.165 e. The molecule has 0 saturated carbocycles. The number of nitrogens with zero attached hydrogens (tertiary/aromatic N) is 4. The number of pyridine rings is 1. The molecule has 2 aliphatic carbocycles. The van der Waals surface area contributed by atoms with Crippen LogP contribution in [0.3, 0.4) is 0 Å². The van der Waals surface area contributed by atoms with Gasteiger partial charge in [0.25, 0.3) is 0 Å². The van der Waals surface area contributed by atoms with E-state index in [1.165, 1.54) is 77.9 Å². The van der Waals surface area contributed by atoms with Crippen molar-refractivity contribution >= 4 is 21.5 Å². The molecule has 4 nitrogen and oxygen atoms in total. The Balaban J connectivity index is 0.911. The van der Waals surface area contributed by atoms with Crippen molar-refractivity contribution in [1.29, 1.82) is 0 Å². The molecule has 1 spiro atoms. The minimum absolute atomic E-state index is 0.474. The first kappa shape index (κ1) is 44.6. The Morgan fingerprint density at radius 1 is 0.273 bits per heavy atom. The summed E-state index contributed by atoms with van der Waals surface area (Å²) in [7, 11) is 0. The van der Waals surface area contributed by atoms with Gasteiger partial charge in [-0.05, 0) is 144 Å². The third-order valence-corrected chi connectivity index (χ3v) is 16.0. The maximum atomic E-state index is 5.25. The van der Waals surface area contributed by atoms with Gasteiger partial charge in [0.1, 0.15) is 0 Å². The Labute approximate surface area is 447 Å². The normalized spacial score (nSPS) is 12.6. The minimum atomic E-state index is -0.474. The third-order valence-electron chi connectivity index (χ3n) is 16.0. The second-order valence-electron chi connectivity index (χ2n) is 20.7. The highest BCUT2D eigenvalue weighted by Crippen LogP contribution is 2.64. The summed E-state index contributed by atoms with van der Waals surface area (Å²) in [6.07, 6.45) is 1.91. The number of hydrogen-bond acceptors (Lipinski definition) is 4. The highest BCUT2D eigenvalue weighted by atomic mass is 15.0. The summed E-state index contributed by atoms with van der Waals surface area (Å²) in [6.45, 7) is 4.37. The molecular weight excluding hydrogens is 933 g/mol. The highest BCUT2D eigenvalue weighted by molar-refractivity contribution is 6.04. The Kier molecular flexibility index (Phi) is 10.2. The van der Waals surface area contributed by atoms with Crippen LogP contribution in [0.25, 0.3) is 123 Å². The van der Waals surface area contributed by atoms with Gasteiger partial charge < -0.3 is 0 Å². The molecule has 15 rings (SSSR count). The molecule has 360 valence electrons. The topological polar surface area (TPSA) is 51.6 Å². The fourth-order valence-electron chi connectivity index (χ4n) is 12.7. The van der Waals surface area contributed by atoms with E-state index in [4.69, 9.17) is 19.9 Å². The molecule has 4 heteroatoms. The van der Waals surface area contributed by atoms with Crippen LogP contribution in [0.5, 0.6) is 0 Å². The predicted octanol–water partition coefficient (Wildman–Crippen LogP) is 18.2. The first-order valence-electron chi connectivity index (χ1n) is 26.4. The fraction of sp³-hybridized carbons (Fsp3) is 0.0411. The third kappa shape index (κ3) is 7.14. The summed E-state index contributed by atoms with van der Waals surface area (Å²) < 4.78 is 0. The van der Waals surface area contributed by atoms with Crippen LogP contribution in [0.1, 0.15) is 33.4 Å². The first-order valence-corrected chi connectivity index (χ1v) is 26.4. The molecule has 0 atom stereocenters. The van der Waals surface area contributed by atoms with Crippen molar-refractivity contribution in [1.82, 2.24) is 19.9 Å². The zero-order valence-corrected chi connectivity index (χ0v) is 42.5. The van der Waals surface area contributed by atoms with Crippen LogP contribution in [0.4, 0.5) is 0 Å². The van der Waals surface area contributed by atoms with Crippen LogP contribution in [0.15, 0.2) is 255 Å². The molecule has 0 amide bonds. The summed E-state index contributed by atoms with van der Waals surface area (Å²) in [6, 6.07) is 90.6. The van der Waals surface area contributed by atoms with E-state index >= 15 is 0 Å². The Morgan fingerprint density at radius 2 is 0.727 bits per heavy atom. The first-order chi connectivity index (χ1) is 38.0. The summed E-state index contributed by atoms with van der Waals surface area (Å²) in [5.41, 5.74) is 24.0. The van der Waals surface area contributed by atoms with Crippen molar-refractivity contribution in [3.05, 3.63) is 288 Å². The van der Waals surface area contributed by atoms with Crippen LogP contribution in [0, 0.1) is 13.8 Å². The molecule has 0 unspecified atom stereocenters. The van der Waals surface area contributed by atoms with E-state index in [1.807, 2.05) is 6.20 Å². The highest BCUT2D eigenvalue weighted by Gasteiger charge is 2.52. The van der Waals surface area contributed by atoms with E-state index in [9.17, 15) is 0 Å². The van der Waals surface area contributed by atoms with Crippen molar-refractivity contribution in [2.75, 3.05) is 0 Å². The summed E-state index contributed by atoms with van der Waals surface area (Å²) in [5.74, 6) is 1.78. The number of rotatable bonds is 7. The number of aromatic nitrogens is 4. The summed E-state index contributed by atoms with van der Waals surface area (Å²) >= 11 is 0. The second kappa shape index (κ2) is 17.6. The number of benzene rings is 11. The predicted molar refractivity (Wildman–Crippen MR) is 316 cm³/mol. The molecule has 11 aromatic carbocycles. The maximum absolute atomic E-state index is 5.25. The summed E-state index contributed by atoms with van der Waals surface area (Å²) in [4.78, 5) is 20.7. The lowest BCUT2D eigenvalue weighted by atomic mass is 9.70. The maximum Gasteiger partial charge on any atom is 0.165 e. The molecule has 0 radical (unpaired) electrons. The summed E-state index contributed by atoms with van der Waals surface area (Å²) in [5, 5.41) is 4.58. The molecule has 0 saturated heterocycles. The Hall–Kier alpha value is -9.90. The molecule has 13 aromatic rings. The van der Waals surface area contributed by atoms with Gasteiger partial charge in [-0.1, -0.05) is 230 Å². The van der Waals surface area contributed by atoms with Gasteiger partial charge in [0, 0.05) is 28.5 Å². The standard InChI is InChI=1S/C73H48N4/c1-45-38-46(2)40-55(39-45)56-20-7-8-21-57(56)58-36-34-51(43-63(58)61-25-15-29-67-69(61)62-24-11-14-28-66(62)73(67)64-26-12-9-22-59(64)60-23-10-13-27-65(60)73)68-37-35-54(44-74-68)72-76-70(52-32-30-47-16-3-5-18-49(47)41-52)75-71(77-72)53-33-31-48-17-4-6-19-50(48)42-53/h3-44H,1-2H3.